The van der Waals surface area contributed by atoms with E-state index in [2.05, 4.69) is 5.43 Å². The lowest BCUT2D eigenvalue weighted by Gasteiger charge is -2.61. The van der Waals surface area contributed by atoms with Gasteiger partial charge in [0.05, 0.1) is 26.4 Å². The lowest BCUT2D eigenvalue weighted by Crippen LogP contribution is -2.87. The first-order valence-electron chi connectivity index (χ1n) is 15.8. The van der Waals surface area contributed by atoms with Crippen molar-refractivity contribution in [3.05, 3.63) is 0 Å². The van der Waals surface area contributed by atoms with E-state index in [4.69, 9.17) is 33.2 Å². The van der Waals surface area contributed by atoms with E-state index in [1.54, 1.807) is 0 Å². The number of carbonyl (C=O) groups excluding carboxylic acids is 1. The summed E-state index contributed by atoms with van der Waals surface area (Å²) in [7, 11) is 0. The second-order valence-electron chi connectivity index (χ2n) is 12.8. The smallest absolute Gasteiger partial charge is 0.324 e. The number of aliphatic hydroxyl groups is 16. The number of ether oxygens (including phenoxy) is 7. The zero-order chi connectivity index (χ0) is 38.7. The third kappa shape index (κ3) is 6.53. The third-order valence-electron chi connectivity index (χ3n) is 9.70. The van der Waals surface area contributed by atoms with Crippen molar-refractivity contribution < 1.29 is 120 Å². The number of nitrogens with one attached hydrogen (secondary N) is 1. The molecule has 5 aliphatic rings. The molecule has 52 heavy (non-hydrogen) atoms. The van der Waals surface area contributed by atoms with Gasteiger partial charge in [0.1, 0.15) is 79.8 Å². The minimum Gasteiger partial charge on any atom is -0.424 e. The topological polar surface area (TPSA) is 421 Å². The Morgan fingerprint density at radius 1 is 0.654 bits per heavy atom. The molecule has 17 N–H and O–H groups in total. The molecule has 0 bridgehead atoms. The third-order valence-corrected chi connectivity index (χ3v) is 9.70. The van der Waals surface area contributed by atoms with E-state index >= 15 is 0 Å². The van der Waals surface area contributed by atoms with Gasteiger partial charge in [-0.1, -0.05) is 0 Å². The van der Waals surface area contributed by atoms with Gasteiger partial charge < -0.3 is 115 Å². The van der Waals surface area contributed by atoms with Crippen LogP contribution in [0.1, 0.15) is 0 Å². The SMILES string of the molecule is O=C1CNN([C@]2(CO)O[C@H](O[C@H]3[C@H](O)[C@@H](O)[C@H](O)O[C@@H]3CO)[C@H](O)[C@@H](O)[C@H]2O)[C@]2(CO)O[C@H](O[C@H]3[C@H](O)[C@@H](O)[C@H](O)O[C@@H]3CO)[C@H](O)[C@H](O)[C@@]2(O)O1. The van der Waals surface area contributed by atoms with Crippen LogP contribution in [-0.2, 0) is 38.0 Å². The highest BCUT2D eigenvalue weighted by Gasteiger charge is 2.76. The van der Waals surface area contributed by atoms with Crippen molar-refractivity contribution in [3.63, 3.8) is 0 Å². The Morgan fingerprint density at radius 2 is 1.15 bits per heavy atom. The first-order chi connectivity index (χ1) is 24.4. The van der Waals surface area contributed by atoms with E-state index in [1.165, 1.54) is 0 Å². The van der Waals surface area contributed by atoms with Crippen LogP contribution in [0.4, 0.5) is 0 Å². The minimum absolute atomic E-state index is 0.221. The molecular formula is C26H44N2O24. The maximum atomic E-state index is 12.8. The largest absolute Gasteiger partial charge is 0.424 e. The summed E-state index contributed by atoms with van der Waals surface area (Å²) in [5.41, 5.74) is -4.27. The molecule has 0 unspecified atom stereocenters. The molecule has 5 fully saturated rings. The maximum Gasteiger partial charge on any atom is 0.324 e. The lowest BCUT2D eigenvalue weighted by atomic mass is 9.85. The van der Waals surface area contributed by atoms with Crippen LogP contribution in [0.2, 0.25) is 0 Å². The van der Waals surface area contributed by atoms with Gasteiger partial charge >= 0.3 is 5.97 Å². The first-order valence-corrected chi connectivity index (χ1v) is 15.8. The molecule has 0 radical (unpaired) electrons. The Labute approximate surface area is 291 Å². The fourth-order valence-electron chi connectivity index (χ4n) is 6.79. The molecule has 0 aliphatic carbocycles. The zero-order valence-electron chi connectivity index (χ0n) is 26.7. The van der Waals surface area contributed by atoms with Gasteiger partial charge in [-0.05, 0) is 0 Å². The summed E-state index contributed by atoms with van der Waals surface area (Å²) in [5, 5.41) is 170. The summed E-state index contributed by atoms with van der Waals surface area (Å²) in [5.74, 6) is -5.13. The highest BCUT2D eigenvalue weighted by atomic mass is 16.8. The molecule has 5 heterocycles. The van der Waals surface area contributed by atoms with Crippen molar-refractivity contribution >= 4 is 5.97 Å². The molecule has 5 saturated heterocycles. The summed E-state index contributed by atoms with van der Waals surface area (Å²) >= 11 is 0. The van der Waals surface area contributed by atoms with Crippen molar-refractivity contribution in [3.8, 4) is 0 Å². The van der Waals surface area contributed by atoms with Gasteiger partial charge in [0.15, 0.2) is 37.0 Å². The van der Waals surface area contributed by atoms with E-state index in [0.29, 0.717) is 0 Å². The predicted octanol–water partition coefficient (Wildman–Crippen LogP) is -12.4. The van der Waals surface area contributed by atoms with Crippen LogP contribution in [0.5, 0.6) is 0 Å². The fourth-order valence-corrected chi connectivity index (χ4v) is 6.79. The second kappa shape index (κ2) is 15.6. The normalized spacial score (nSPS) is 53.5. The van der Waals surface area contributed by atoms with E-state index in [1.807, 2.05) is 0 Å². The number of rotatable bonds is 9. The summed E-state index contributed by atoms with van der Waals surface area (Å²) in [6.45, 7) is -6.37. The van der Waals surface area contributed by atoms with Gasteiger partial charge in [0, 0.05) is 0 Å². The van der Waals surface area contributed by atoms with Crippen molar-refractivity contribution in [1.82, 2.24) is 10.4 Å². The maximum absolute atomic E-state index is 12.8. The van der Waals surface area contributed by atoms with E-state index in [-0.39, 0.29) is 5.01 Å². The molecule has 0 spiro atoms. The Kier molecular flexibility index (Phi) is 12.5. The summed E-state index contributed by atoms with van der Waals surface area (Å²) in [6.07, 6.45) is -37.1. The first kappa shape index (κ1) is 41.7. The van der Waals surface area contributed by atoms with Crippen LogP contribution < -0.4 is 5.43 Å². The molecule has 0 amide bonds. The van der Waals surface area contributed by atoms with Gasteiger partial charge in [-0.3, -0.25) is 4.79 Å². The lowest BCUT2D eigenvalue weighted by molar-refractivity contribution is -0.497. The highest BCUT2D eigenvalue weighted by molar-refractivity contribution is 5.72. The quantitative estimate of drug-likeness (QED) is 0.0968. The molecule has 0 aromatic carbocycles. The molecular weight excluding hydrogens is 724 g/mol. The van der Waals surface area contributed by atoms with Gasteiger partial charge in [-0.2, -0.15) is 5.01 Å². The Morgan fingerprint density at radius 3 is 1.62 bits per heavy atom. The standard InChI is InChI=1S/C26H44N2O24/c29-2-6-16(9(34)12(37)20(43)46-6)48-22-14(39)11(36)18(41)24(4-31,51-22)28-25(5-32)26(45,50-8(33)1-27-28)19(42)15(40)23(52-25)49-17-7(3-30)47-21(44)13(38)10(17)35/h6-7,9-23,27,29-32,34-45H,1-5H2/t6-,7-,9-,10-,11-,12-,13-,14-,15-,16-,17-,18-,19+,20-,21-,22+,23+,24-,25-,26-/m1/s1. The van der Waals surface area contributed by atoms with E-state index in [0.717, 1.165) is 0 Å². The molecule has 5 aliphatic heterocycles. The van der Waals surface area contributed by atoms with Crippen LogP contribution in [0, 0.1) is 0 Å². The van der Waals surface area contributed by atoms with Crippen LogP contribution in [0.3, 0.4) is 0 Å². The fraction of sp³-hybridized carbons (Fsp3) is 0.962. The summed E-state index contributed by atoms with van der Waals surface area (Å²) in [6, 6.07) is 0. The molecule has 302 valence electrons. The number of nitrogens with zero attached hydrogens (tertiary/aromatic N) is 1. The average molecular weight is 769 g/mol. The number of aliphatic hydroxyl groups excluding tert-OH is 15. The van der Waals surface area contributed by atoms with Crippen molar-refractivity contribution in [2.75, 3.05) is 33.0 Å². The number of hydrazine groups is 1. The van der Waals surface area contributed by atoms with Crippen molar-refractivity contribution in [1.29, 1.82) is 0 Å². The minimum atomic E-state index is -3.67. The number of carbonyl (C=O) groups is 1. The Bertz CT molecular complexity index is 1240. The van der Waals surface area contributed by atoms with Gasteiger partial charge in [-0.25, -0.2) is 5.43 Å². The van der Waals surface area contributed by atoms with Crippen LogP contribution in [0.15, 0.2) is 0 Å². The van der Waals surface area contributed by atoms with Gasteiger partial charge in [0.25, 0.3) is 5.79 Å². The summed E-state index contributed by atoms with van der Waals surface area (Å²) < 4.78 is 37.5. The molecule has 5 rings (SSSR count). The van der Waals surface area contributed by atoms with Crippen molar-refractivity contribution in [2.45, 2.75) is 122 Å². The molecule has 0 aromatic rings. The van der Waals surface area contributed by atoms with Crippen LogP contribution in [-0.4, -0.2) is 247 Å². The van der Waals surface area contributed by atoms with Crippen LogP contribution >= 0.6 is 0 Å². The average Bonchev–Trinajstić information content (AvgIpc) is 3.24. The molecule has 26 heteroatoms. The van der Waals surface area contributed by atoms with Crippen LogP contribution in [0.25, 0.3) is 0 Å². The Hall–Kier alpha value is -1.49. The number of hydrogen-bond donors (Lipinski definition) is 17. The second-order valence-corrected chi connectivity index (χ2v) is 12.8. The zero-order valence-corrected chi connectivity index (χ0v) is 26.7. The van der Waals surface area contributed by atoms with E-state index < -0.39 is 161 Å². The van der Waals surface area contributed by atoms with Gasteiger partial charge in [-0.15, -0.1) is 0 Å². The Balaban J connectivity index is 1.58. The van der Waals surface area contributed by atoms with Crippen molar-refractivity contribution in [2.24, 2.45) is 0 Å². The highest BCUT2D eigenvalue weighted by Crippen LogP contribution is 2.48. The monoisotopic (exact) mass is 768 g/mol. The molecule has 26 nitrogen and oxygen atoms in total. The summed E-state index contributed by atoms with van der Waals surface area (Å²) in [4.78, 5) is 12.8. The van der Waals surface area contributed by atoms with Gasteiger partial charge in [0.2, 0.25) is 5.72 Å². The number of fused-ring (bicyclic) bond motifs is 1. The number of esters is 1. The molecule has 0 aromatic heterocycles. The van der Waals surface area contributed by atoms with E-state index in [9.17, 15) is 86.5 Å². The molecule has 0 saturated carbocycles. The number of hydrogen-bond acceptors (Lipinski definition) is 26. The molecule has 20 atom stereocenters. The predicted molar refractivity (Wildman–Crippen MR) is 150 cm³/mol.